The normalized spacial score (nSPS) is 10.5. The van der Waals surface area contributed by atoms with E-state index in [9.17, 15) is 9.59 Å². The summed E-state index contributed by atoms with van der Waals surface area (Å²) >= 11 is 0. The van der Waals surface area contributed by atoms with Gasteiger partial charge in [0.15, 0.2) is 0 Å². The second-order valence-corrected chi connectivity index (χ2v) is 4.60. The van der Waals surface area contributed by atoms with Crippen LogP contribution in [0.25, 0.3) is 0 Å². The van der Waals surface area contributed by atoms with E-state index < -0.39 is 21.0 Å². The van der Waals surface area contributed by atoms with Gasteiger partial charge in [-0.05, 0) is 13.8 Å². The molecule has 0 bridgehead atoms. The van der Waals surface area contributed by atoms with Crippen molar-refractivity contribution >= 4 is 21.0 Å². The van der Waals surface area contributed by atoms with E-state index in [0.717, 1.165) is 12.2 Å². The molecule has 0 aromatic carbocycles. The average Bonchev–Trinajstić information content (AvgIpc) is 2.29. The Labute approximate surface area is 101 Å². The van der Waals surface area contributed by atoms with E-state index in [-0.39, 0.29) is 13.2 Å². The molecular weight excluding hydrogens is 244 g/mol. The lowest BCUT2D eigenvalue weighted by molar-refractivity contribution is -0.146. The molecule has 0 aliphatic heterocycles. The van der Waals surface area contributed by atoms with E-state index in [1.807, 2.05) is 0 Å². The van der Waals surface area contributed by atoms with Gasteiger partial charge < -0.3 is 17.7 Å². The lowest BCUT2D eigenvalue weighted by Gasteiger charge is -2.24. The maximum Gasteiger partial charge on any atom is 0.825 e. The molecule has 0 heterocycles. The van der Waals surface area contributed by atoms with Crippen LogP contribution in [-0.4, -0.2) is 34.2 Å². The summed E-state index contributed by atoms with van der Waals surface area (Å²) in [7, 11) is -3.81. The molecule has 6 nitrogen and oxygen atoms in total. The number of carbonyl (C=O) groups excluding carboxylic acids is 2. The number of carbonyl (C=O) groups is 2. The van der Waals surface area contributed by atoms with Gasteiger partial charge >= 0.3 is 21.0 Å². The van der Waals surface area contributed by atoms with Crippen LogP contribution >= 0.6 is 0 Å². The smallest absolute Gasteiger partial charge is 0.439 e. The zero-order valence-electron chi connectivity index (χ0n) is 9.93. The van der Waals surface area contributed by atoms with Crippen molar-refractivity contribution in [2.45, 2.75) is 13.8 Å². The van der Waals surface area contributed by atoms with Crippen molar-refractivity contribution in [1.29, 1.82) is 0 Å². The van der Waals surface area contributed by atoms with Crippen LogP contribution < -0.4 is 0 Å². The molecule has 0 radical (unpaired) electrons. The number of rotatable bonds is 8. The van der Waals surface area contributed by atoms with E-state index in [0.29, 0.717) is 0 Å². The minimum absolute atomic E-state index is 0.168. The van der Waals surface area contributed by atoms with Crippen LogP contribution in [0.4, 0.5) is 0 Å². The van der Waals surface area contributed by atoms with Crippen LogP contribution in [-0.2, 0) is 27.3 Å². The Balaban J connectivity index is 4.94. The SMILES string of the molecule is C=CC(=O)O[Si](OCC)(OCC)OC(=O)C=C. The van der Waals surface area contributed by atoms with Gasteiger partial charge in [0.05, 0.1) is 0 Å². The lowest BCUT2D eigenvalue weighted by atomic mass is 10.7. The molecule has 0 unspecified atom stereocenters. The maximum atomic E-state index is 11.2. The molecule has 0 spiro atoms. The predicted octanol–water partition coefficient (Wildman–Crippen LogP) is 0.953. The lowest BCUT2D eigenvalue weighted by Crippen LogP contribution is -2.51. The van der Waals surface area contributed by atoms with Crippen molar-refractivity contribution in [3.8, 4) is 0 Å². The van der Waals surface area contributed by atoms with Gasteiger partial charge in [-0.15, -0.1) is 0 Å². The number of hydrogen-bond acceptors (Lipinski definition) is 6. The summed E-state index contributed by atoms with van der Waals surface area (Å²) in [4.78, 5) is 22.3. The molecule has 0 rings (SSSR count). The van der Waals surface area contributed by atoms with Gasteiger partial charge in [0.25, 0.3) is 0 Å². The molecule has 0 atom stereocenters. The quantitative estimate of drug-likeness (QED) is 0.478. The third-order valence-corrected chi connectivity index (χ3v) is 3.61. The molecule has 7 heteroatoms. The molecule has 0 fully saturated rings. The summed E-state index contributed by atoms with van der Waals surface area (Å²) < 4.78 is 20.1. The Hall–Kier alpha value is -1.44. The Bertz CT molecular complexity index is 271. The number of hydrogen-bond donors (Lipinski definition) is 0. The van der Waals surface area contributed by atoms with Gasteiger partial charge in [0, 0.05) is 25.4 Å². The van der Waals surface area contributed by atoms with Crippen molar-refractivity contribution in [3.05, 3.63) is 25.3 Å². The highest BCUT2D eigenvalue weighted by atomic mass is 28.4. The van der Waals surface area contributed by atoms with Gasteiger partial charge in [-0.2, -0.15) is 0 Å². The summed E-state index contributed by atoms with van der Waals surface area (Å²) in [6.07, 6.45) is 1.86. The molecule has 0 aromatic rings. The fourth-order valence-electron chi connectivity index (χ4n) is 0.864. The van der Waals surface area contributed by atoms with Crippen LogP contribution in [0.2, 0.25) is 0 Å². The zero-order chi connectivity index (χ0) is 13.3. The molecule has 0 saturated carbocycles. The van der Waals surface area contributed by atoms with E-state index in [4.69, 9.17) is 17.7 Å². The van der Waals surface area contributed by atoms with Crippen LogP contribution in [0.5, 0.6) is 0 Å². The van der Waals surface area contributed by atoms with Crippen LogP contribution in [0.15, 0.2) is 25.3 Å². The summed E-state index contributed by atoms with van der Waals surface area (Å²) in [6, 6.07) is 0. The highest BCUT2D eigenvalue weighted by molar-refractivity contribution is 6.57. The monoisotopic (exact) mass is 260 g/mol. The first-order valence-corrected chi connectivity index (χ1v) is 6.65. The molecule has 0 aliphatic rings. The second kappa shape index (κ2) is 7.77. The van der Waals surface area contributed by atoms with E-state index in [1.54, 1.807) is 13.8 Å². The van der Waals surface area contributed by atoms with Gasteiger partial charge in [0.1, 0.15) is 0 Å². The molecule has 0 aromatic heterocycles. The molecule has 0 saturated heterocycles. The second-order valence-electron chi connectivity index (χ2n) is 2.62. The van der Waals surface area contributed by atoms with E-state index >= 15 is 0 Å². The molecule has 96 valence electrons. The van der Waals surface area contributed by atoms with Gasteiger partial charge in [-0.1, -0.05) is 13.2 Å². The van der Waals surface area contributed by atoms with Crippen molar-refractivity contribution in [1.82, 2.24) is 0 Å². The van der Waals surface area contributed by atoms with Crippen LogP contribution in [0.3, 0.4) is 0 Å². The summed E-state index contributed by atoms with van der Waals surface area (Å²) in [5, 5.41) is 0. The van der Waals surface area contributed by atoms with Crippen LogP contribution in [0.1, 0.15) is 13.8 Å². The van der Waals surface area contributed by atoms with E-state index in [2.05, 4.69) is 13.2 Å². The fourth-order valence-corrected chi connectivity index (χ4v) is 2.59. The minimum Gasteiger partial charge on any atom is -0.439 e. The summed E-state index contributed by atoms with van der Waals surface area (Å²) in [5.74, 6) is -1.56. The topological polar surface area (TPSA) is 71.1 Å². The van der Waals surface area contributed by atoms with Crippen molar-refractivity contribution in [3.63, 3.8) is 0 Å². The first kappa shape index (κ1) is 15.6. The Morgan fingerprint density at radius 1 is 1.00 bits per heavy atom. The van der Waals surface area contributed by atoms with E-state index in [1.165, 1.54) is 0 Å². The minimum atomic E-state index is -3.81. The average molecular weight is 260 g/mol. The first-order chi connectivity index (χ1) is 8.03. The molecule has 0 amide bonds. The summed E-state index contributed by atoms with van der Waals surface area (Å²) in [5.41, 5.74) is 0. The predicted molar refractivity (Wildman–Crippen MR) is 61.6 cm³/mol. The van der Waals surface area contributed by atoms with Crippen LogP contribution in [0, 0.1) is 0 Å². The third kappa shape index (κ3) is 5.43. The largest absolute Gasteiger partial charge is 0.825 e. The summed E-state index contributed by atoms with van der Waals surface area (Å²) in [6.45, 7) is 10.1. The van der Waals surface area contributed by atoms with Gasteiger partial charge in [-0.25, -0.2) is 9.59 Å². The Morgan fingerprint density at radius 2 is 1.35 bits per heavy atom. The molecule has 17 heavy (non-hydrogen) atoms. The highest BCUT2D eigenvalue weighted by Gasteiger charge is 2.53. The van der Waals surface area contributed by atoms with Crippen molar-refractivity contribution < 1.29 is 27.3 Å². The third-order valence-electron chi connectivity index (χ3n) is 1.43. The van der Waals surface area contributed by atoms with Gasteiger partial charge in [0.2, 0.25) is 0 Å². The molecule has 0 aliphatic carbocycles. The zero-order valence-corrected chi connectivity index (χ0v) is 10.9. The molecular formula is C10H16O6Si. The van der Waals surface area contributed by atoms with Gasteiger partial charge in [-0.3, -0.25) is 0 Å². The maximum absolute atomic E-state index is 11.2. The molecule has 0 N–H and O–H groups in total. The highest BCUT2D eigenvalue weighted by Crippen LogP contribution is 2.13. The Kier molecular flexibility index (Phi) is 7.11. The van der Waals surface area contributed by atoms with Crippen molar-refractivity contribution in [2.24, 2.45) is 0 Å². The fraction of sp³-hybridized carbons (Fsp3) is 0.400. The first-order valence-electron chi connectivity index (χ1n) is 5.02. The van der Waals surface area contributed by atoms with Crippen molar-refractivity contribution in [2.75, 3.05) is 13.2 Å². The Morgan fingerprint density at radius 3 is 1.59 bits per heavy atom. The standard InChI is InChI=1S/C10H16O6Si/c1-5-9(11)15-17(13-7-3,14-8-4)16-10(12)6-2/h5-6H,1-2,7-8H2,3-4H3.